The molecule has 0 amide bonds. The van der Waals surface area contributed by atoms with Crippen LogP contribution >= 0.6 is 0 Å². The van der Waals surface area contributed by atoms with Gasteiger partial charge in [0.1, 0.15) is 0 Å². The van der Waals surface area contributed by atoms with E-state index >= 15 is 0 Å². The minimum absolute atomic E-state index is 0.572. The molecule has 8 heteroatoms. The maximum Gasteiger partial charge on any atom is 0.504 e. The molecule has 0 N–H and O–H groups in total. The van der Waals surface area contributed by atoms with E-state index in [9.17, 15) is 0 Å². The molecule has 0 aliphatic carbocycles. The highest BCUT2D eigenvalue weighted by atomic mass is 28.4. The van der Waals surface area contributed by atoms with Crippen molar-refractivity contribution >= 4 is 17.6 Å². The Morgan fingerprint density at radius 1 is 0.591 bits per heavy atom. The summed E-state index contributed by atoms with van der Waals surface area (Å²) >= 11 is 0. The highest BCUT2D eigenvalue weighted by Crippen LogP contribution is 2.19. The summed E-state index contributed by atoms with van der Waals surface area (Å²) in [6, 6.07) is 1.25. The van der Waals surface area contributed by atoms with Gasteiger partial charge in [-0.3, -0.25) is 0 Å². The van der Waals surface area contributed by atoms with E-state index in [1.807, 2.05) is 39.8 Å². The Hall–Kier alpha value is -0.0662. The van der Waals surface area contributed by atoms with Crippen molar-refractivity contribution in [3.05, 3.63) is 12.2 Å². The molecular formula is C14H32O6Si2. The third-order valence-corrected chi connectivity index (χ3v) is 8.61. The van der Waals surface area contributed by atoms with Crippen LogP contribution in [0.3, 0.4) is 0 Å². The van der Waals surface area contributed by atoms with Gasteiger partial charge in [-0.25, -0.2) is 0 Å². The van der Waals surface area contributed by atoms with Crippen molar-refractivity contribution in [3.63, 3.8) is 0 Å². The van der Waals surface area contributed by atoms with Crippen LogP contribution in [0, 0.1) is 0 Å². The second-order valence-corrected chi connectivity index (χ2v) is 9.91. The largest absolute Gasteiger partial charge is 0.504 e. The number of rotatable bonds is 14. The molecule has 132 valence electrons. The zero-order valence-electron chi connectivity index (χ0n) is 14.8. The highest BCUT2D eigenvalue weighted by Gasteiger charge is 2.40. The average molecular weight is 353 g/mol. The monoisotopic (exact) mass is 352 g/mol. The Kier molecular flexibility index (Phi) is 12.3. The van der Waals surface area contributed by atoms with E-state index in [-0.39, 0.29) is 0 Å². The first-order valence-corrected chi connectivity index (χ1v) is 11.7. The lowest BCUT2D eigenvalue weighted by Crippen LogP contribution is -2.45. The lowest BCUT2D eigenvalue weighted by Gasteiger charge is -2.27. The molecule has 6 nitrogen and oxygen atoms in total. The van der Waals surface area contributed by atoms with Crippen LogP contribution in [0.15, 0.2) is 12.2 Å². The van der Waals surface area contributed by atoms with E-state index in [2.05, 4.69) is 0 Å². The molecule has 0 fully saturated rings. The molecule has 0 aromatic rings. The Balaban J connectivity index is 4.71. The predicted molar refractivity (Wildman–Crippen MR) is 90.8 cm³/mol. The number of allylic oxidation sites excluding steroid dienone is 2. The lowest BCUT2D eigenvalue weighted by molar-refractivity contribution is 0.0880. The van der Waals surface area contributed by atoms with Crippen molar-refractivity contribution in [1.82, 2.24) is 0 Å². The van der Waals surface area contributed by atoms with Gasteiger partial charge in [0, 0.05) is 52.7 Å². The summed E-state index contributed by atoms with van der Waals surface area (Å²) in [5, 5.41) is 0. The molecule has 0 spiro atoms. The minimum atomic E-state index is -2.61. The Bertz CT molecular complexity index is 261. The van der Waals surface area contributed by atoms with Gasteiger partial charge < -0.3 is 26.6 Å². The van der Waals surface area contributed by atoms with Crippen molar-refractivity contribution in [3.8, 4) is 0 Å². The zero-order valence-corrected chi connectivity index (χ0v) is 16.8. The molecule has 0 aromatic heterocycles. The Morgan fingerprint density at radius 3 is 1.05 bits per heavy atom. The van der Waals surface area contributed by atoms with Crippen LogP contribution < -0.4 is 0 Å². The van der Waals surface area contributed by atoms with Crippen molar-refractivity contribution in [2.75, 3.05) is 40.6 Å². The topological polar surface area (TPSA) is 55.4 Å². The fourth-order valence-electron chi connectivity index (χ4n) is 2.06. The zero-order chi connectivity index (χ0) is 16.9. The van der Waals surface area contributed by atoms with Crippen LogP contribution in [0.25, 0.3) is 0 Å². The molecule has 22 heavy (non-hydrogen) atoms. The van der Waals surface area contributed by atoms with Gasteiger partial charge in [0.25, 0.3) is 0 Å². The summed E-state index contributed by atoms with van der Waals surface area (Å²) in [6.07, 6.45) is 4.03. The van der Waals surface area contributed by atoms with Crippen LogP contribution in [0.4, 0.5) is 0 Å². The summed E-state index contributed by atoms with van der Waals surface area (Å²) in [5.74, 6) is 0. The third-order valence-electron chi connectivity index (χ3n) is 2.98. The fraction of sp³-hybridized carbons (Fsp3) is 0.857. The van der Waals surface area contributed by atoms with E-state index in [4.69, 9.17) is 26.6 Å². The lowest BCUT2D eigenvalue weighted by atomic mass is 10.6. The van der Waals surface area contributed by atoms with Gasteiger partial charge in [0.05, 0.1) is 0 Å². The van der Waals surface area contributed by atoms with Gasteiger partial charge in [-0.05, 0) is 27.7 Å². The predicted octanol–water partition coefficient (Wildman–Crippen LogP) is 2.86. The first-order chi connectivity index (χ1) is 10.6. The van der Waals surface area contributed by atoms with E-state index in [1.165, 1.54) is 0 Å². The quantitative estimate of drug-likeness (QED) is 0.354. The summed E-state index contributed by atoms with van der Waals surface area (Å²) < 4.78 is 34.0. The smallest absolute Gasteiger partial charge is 0.377 e. The fourth-order valence-corrected chi connectivity index (χ4v) is 6.17. The van der Waals surface area contributed by atoms with Crippen molar-refractivity contribution < 1.29 is 26.6 Å². The van der Waals surface area contributed by atoms with Gasteiger partial charge >= 0.3 is 17.6 Å². The van der Waals surface area contributed by atoms with Crippen molar-refractivity contribution in [2.24, 2.45) is 0 Å². The first kappa shape index (κ1) is 21.9. The molecule has 0 aliphatic heterocycles. The van der Waals surface area contributed by atoms with Gasteiger partial charge in [0.2, 0.25) is 0 Å². The molecule has 0 saturated heterocycles. The van der Waals surface area contributed by atoms with E-state index < -0.39 is 17.6 Å². The molecule has 0 aliphatic rings. The minimum Gasteiger partial charge on any atom is -0.377 e. The summed E-state index contributed by atoms with van der Waals surface area (Å²) in [7, 11) is -1.94. The van der Waals surface area contributed by atoms with Crippen LogP contribution in [-0.2, 0) is 26.6 Å². The van der Waals surface area contributed by atoms with E-state index in [1.54, 1.807) is 14.2 Å². The van der Waals surface area contributed by atoms with Crippen LogP contribution in [-0.4, -0.2) is 58.3 Å². The maximum absolute atomic E-state index is 5.73. The molecule has 0 rings (SSSR count). The van der Waals surface area contributed by atoms with Gasteiger partial charge in [-0.1, -0.05) is 12.2 Å². The first-order valence-electron chi connectivity index (χ1n) is 7.88. The average Bonchev–Trinajstić information content (AvgIpc) is 2.52. The molecule has 0 radical (unpaired) electrons. The second kappa shape index (κ2) is 12.4. The van der Waals surface area contributed by atoms with E-state index in [0.717, 1.165) is 0 Å². The standard InChI is InChI=1S/C14H32O6Si2/c1-7-17-21(15-5,18-8-2)13-11-12-14-22(16-6,19-9-3)20-10-4/h11-12H,7-10,13-14H2,1-6H3/b12-11+. The van der Waals surface area contributed by atoms with E-state index in [0.29, 0.717) is 38.5 Å². The molecule has 0 saturated carbocycles. The van der Waals surface area contributed by atoms with Gasteiger partial charge in [-0.2, -0.15) is 0 Å². The van der Waals surface area contributed by atoms with Gasteiger partial charge in [0.15, 0.2) is 0 Å². The normalized spacial score (nSPS) is 13.2. The molecular weight excluding hydrogens is 320 g/mol. The third kappa shape index (κ3) is 7.47. The summed E-state index contributed by atoms with van der Waals surface area (Å²) in [4.78, 5) is 0. The molecule has 0 aromatic carbocycles. The molecule has 0 heterocycles. The SMILES string of the molecule is CCO[Si](C/C=C/C[Si](OC)(OCC)OCC)(OC)OCC. The number of hydrogen-bond donors (Lipinski definition) is 0. The maximum atomic E-state index is 5.73. The summed E-state index contributed by atoms with van der Waals surface area (Å²) in [5.41, 5.74) is 0. The molecule has 0 atom stereocenters. The highest BCUT2D eigenvalue weighted by molar-refractivity contribution is 6.62. The van der Waals surface area contributed by atoms with Crippen LogP contribution in [0.1, 0.15) is 27.7 Å². The van der Waals surface area contributed by atoms with Gasteiger partial charge in [-0.15, -0.1) is 0 Å². The molecule has 0 bridgehead atoms. The Morgan fingerprint density at radius 2 is 0.864 bits per heavy atom. The van der Waals surface area contributed by atoms with Crippen LogP contribution in [0.2, 0.25) is 12.1 Å². The summed E-state index contributed by atoms with van der Waals surface area (Å²) in [6.45, 7) is 10.1. The number of hydrogen-bond acceptors (Lipinski definition) is 6. The second-order valence-electron chi connectivity index (χ2n) is 4.39. The van der Waals surface area contributed by atoms with Crippen LogP contribution in [0.5, 0.6) is 0 Å². The molecule has 0 unspecified atom stereocenters. The Labute approximate surface area is 137 Å². The van der Waals surface area contributed by atoms with Crippen molar-refractivity contribution in [2.45, 2.75) is 39.8 Å². The van der Waals surface area contributed by atoms with Crippen molar-refractivity contribution in [1.29, 1.82) is 0 Å².